The largest absolute Gasteiger partial charge is 0.343 e. The van der Waals surface area contributed by atoms with Gasteiger partial charge in [-0.3, -0.25) is 4.98 Å². The van der Waals surface area contributed by atoms with Gasteiger partial charge in [-0.15, -0.1) is 5.10 Å². The SMILES string of the molecule is CCCn1nc(-c2ccc(Cl)cc2)[nH]c1=O. The fourth-order valence-corrected chi connectivity index (χ4v) is 1.58. The lowest BCUT2D eigenvalue weighted by molar-refractivity contribution is 0.583. The average Bonchev–Trinajstić information content (AvgIpc) is 2.62. The second kappa shape index (κ2) is 4.53. The summed E-state index contributed by atoms with van der Waals surface area (Å²) in [6.45, 7) is 2.63. The zero-order valence-corrected chi connectivity index (χ0v) is 9.66. The molecule has 2 aromatic rings. The van der Waals surface area contributed by atoms with Crippen LogP contribution in [-0.2, 0) is 6.54 Å². The quantitative estimate of drug-likeness (QED) is 0.891. The van der Waals surface area contributed by atoms with E-state index in [9.17, 15) is 4.79 Å². The summed E-state index contributed by atoms with van der Waals surface area (Å²) < 4.78 is 1.43. The van der Waals surface area contributed by atoms with Crippen LogP contribution in [0.25, 0.3) is 11.4 Å². The van der Waals surface area contributed by atoms with Crippen LogP contribution < -0.4 is 5.69 Å². The Morgan fingerprint density at radius 2 is 2.06 bits per heavy atom. The van der Waals surface area contributed by atoms with Crippen molar-refractivity contribution >= 4 is 11.6 Å². The van der Waals surface area contributed by atoms with Gasteiger partial charge >= 0.3 is 5.69 Å². The summed E-state index contributed by atoms with van der Waals surface area (Å²) in [4.78, 5) is 14.2. The first kappa shape index (κ1) is 11.0. The summed E-state index contributed by atoms with van der Waals surface area (Å²) in [7, 11) is 0. The molecule has 0 atom stereocenters. The second-order valence-corrected chi connectivity index (χ2v) is 3.95. The van der Waals surface area contributed by atoms with Crippen LogP contribution in [0.5, 0.6) is 0 Å². The molecule has 5 heteroatoms. The lowest BCUT2D eigenvalue weighted by atomic mass is 10.2. The molecule has 0 spiro atoms. The van der Waals surface area contributed by atoms with Crippen LogP contribution in [0.4, 0.5) is 0 Å². The predicted octanol–water partition coefficient (Wildman–Crippen LogP) is 2.30. The Bertz CT molecular complexity index is 527. The van der Waals surface area contributed by atoms with Crippen LogP contribution in [0.3, 0.4) is 0 Å². The summed E-state index contributed by atoms with van der Waals surface area (Å²) in [5.74, 6) is 0.579. The van der Waals surface area contributed by atoms with Crippen molar-refractivity contribution in [2.75, 3.05) is 0 Å². The minimum absolute atomic E-state index is 0.174. The number of aromatic amines is 1. The number of nitrogens with one attached hydrogen (secondary N) is 1. The van der Waals surface area contributed by atoms with Crippen molar-refractivity contribution in [2.45, 2.75) is 19.9 Å². The molecule has 0 aliphatic rings. The normalized spacial score (nSPS) is 10.6. The van der Waals surface area contributed by atoms with Crippen LogP contribution in [0.2, 0.25) is 5.02 Å². The Kier molecular flexibility index (Phi) is 3.10. The highest BCUT2D eigenvalue weighted by Gasteiger charge is 2.06. The van der Waals surface area contributed by atoms with E-state index in [1.54, 1.807) is 12.1 Å². The van der Waals surface area contributed by atoms with Crippen LogP contribution in [0, 0.1) is 0 Å². The number of rotatable bonds is 3. The fraction of sp³-hybridized carbons (Fsp3) is 0.273. The Balaban J connectivity index is 2.37. The molecule has 0 saturated carbocycles. The third kappa shape index (κ3) is 2.17. The highest BCUT2D eigenvalue weighted by Crippen LogP contribution is 2.16. The molecule has 1 heterocycles. The summed E-state index contributed by atoms with van der Waals surface area (Å²) in [6, 6.07) is 7.20. The van der Waals surface area contributed by atoms with Crippen molar-refractivity contribution in [3.8, 4) is 11.4 Å². The number of hydrogen-bond donors (Lipinski definition) is 1. The number of hydrogen-bond acceptors (Lipinski definition) is 2. The van der Waals surface area contributed by atoms with Crippen molar-refractivity contribution < 1.29 is 0 Å². The maximum absolute atomic E-state index is 11.5. The van der Waals surface area contributed by atoms with Gasteiger partial charge in [0.25, 0.3) is 0 Å². The van der Waals surface area contributed by atoms with Crippen molar-refractivity contribution in [1.29, 1.82) is 0 Å². The first-order valence-corrected chi connectivity index (χ1v) is 5.51. The van der Waals surface area contributed by atoms with E-state index in [2.05, 4.69) is 10.1 Å². The maximum atomic E-state index is 11.5. The van der Waals surface area contributed by atoms with Gasteiger partial charge in [0.05, 0.1) is 0 Å². The van der Waals surface area contributed by atoms with E-state index >= 15 is 0 Å². The Hall–Kier alpha value is -1.55. The summed E-state index contributed by atoms with van der Waals surface area (Å²) >= 11 is 5.79. The zero-order valence-electron chi connectivity index (χ0n) is 8.90. The lowest BCUT2D eigenvalue weighted by Gasteiger charge is -1.96. The maximum Gasteiger partial charge on any atom is 0.343 e. The molecule has 0 unspecified atom stereocenters. The van der Waals surface area contributed by atoms with Gasteiger partial charge in [0, 0.05) is 17.1 Å². The number of nitrogens with zero attached hydrogens (tertiary/aromatic N) is 2. The van der Waals surface area contributed by atoms with Gasteiger partial charge in [0.15, 0.2) is 5.82 Å². The van der Waals surface area contributed by atoms with Crippen molar-refractivity contribution in [2.24, 2.45) is 0 Å². The molecule has 16 heavy (non-hydrogen) atoms. The van der Waals surface area contributed by atoms with Gasteiger partial charge in [-0.05, 0) is 30.7 Å². The number of H-pyrrole nitrogens is 1. The molecular weight excluding hydrogens is 226 g/mol. The molecule has 84 valence electrons. The molecule has 1 N–H and O–H groups in total. The first-order valence-electron chi connectivity index (χ1n) is 5.14. The summed E-state index contributed by atoms with van der Waals surface area (Å²) in [5.41, 5.74) is 0.683. The average molecular weight is 238 g/mol. The van der Waals surface area contributed by atoms with E-state index in [1.165, 1.54) is 4.68 Å². The molecule has 0 aliphatic heterocycles. The third-order valence-corrected chi connectivity index (χ3v) is 2.49. The predicted molar refractivity (Wildman–Crippen MR) is 63.6 cm³/mol. The van der Waals surface area contributed by atoms with Crippen LogP contribution in [0.15, 0.2) is 29.1 Å². The van der Waals surface area contributed by atoms with E-state index in [0.29, 0.717) is 17.4 Å². The molecule has 2 rings (SSSR count). The van der Waals surface area contributed by atoms with Gasteiger partial charge in [0.1, 0.15) is 0 Å². The molecule has 0 bridgehead atoms. The highest BCUT2D eigenvalue weighted by atomic mass is 35.5. The van der Waals surface area contributed by atoms with Crippen LogP contribution >= 0.6 is 11.6 Å². The molecule has 0 amide bonds. The first-order chi connectivity index (χ1) is 7.70. The number of benzene rings is 1. The molecule has 0 aliphatic carbocycles. The lowest BCUT2D eigenvalue weighted by Crippen LogP contribution is -2.17. The van der Waals surface area contributed by atoms with Crippen molar-refractivity contribution in [3.05, 3.63) is 39.8 Å². The highest BCUT2D eigenvalue weighted by molar-refractivity contribution is 6.30. The van der Waals surface area contributed by atoms with Gasteiger partial charge in [-0.2, -0.15) is 0 Å². The smallest absolute Gasteiger partial charge is 0.289 e. The summed E-state index contributed by atoms with van der Waals surface area (Å²) in [6.07, 6.45) is 0.880. The van der Waals surface area contributed by atoms with Gasteiger partial charge in [-0.25, -0.2) is 9.48 Å². The Morgan fingerprint density at radius 1 is 1.38 bits per heavy atom. The van der Waals surface area contributed by atoms with E-state index in [4.69, 9.17) is 11.6 Å². The Morgan fingerprint density at radius 3 is 2.69 bits per heavy atom. The van der Waals surface area contributed by atoms with Crippen LogP contribution in [0.1, 0.15) is 13.3 Å². The minimum atomic E-state index is -0.174. The summed E-state index contributed by atoms with van der Waals surface area (Å²) in [5, 5.41) is 4.87. The molecule has 0 radical (unpaired) electrons. The van der Waals surface area contributed by atoms with Crippen LogP contribution in [-0.4, -0.2) is 14.8 Å². The number of aromatic nitrogens is 3. The molecule has 0 fully saturated rings. The standard InChI is InChI=1S/C11H12ClN3O/c1-2-7-15-11(16)13-10(14-15)8-3-5-9(12)6-4-8/h3-6H,2,7H2,1H3,(H,13,14,16). The van der Waals surface area contributed by atoms with E-state index in [1.807, 2.05) is 19.1 Å². The third-order valence-electron chi connectivity index (χ3n) is 2.23. The molecular formula is C11H12ClN3O. The topological polar surface area (TPSA) is 50.7 Å². The van der Waals surface area contributed by atoms with Gasteiger partial charge in [0.2, 0.25) is 0 Å². The van der Waals surface area contributed by atoms with Gasteiger partial charge < -0.3 is 0 Å². The Labute approximate surface area is 97.9 Å². The number of aryl methyl sites for hydroxylation is 1. The zero-order chi connectivity index (χ0) is 11.5. The van der Waals surface area contributed by atoms with E-state index in [0.717, 1.165) is 12.0 Å². The minimum Gasteiger partial charge on any atom is -0.289 e. The molecule has 4 nitrogen and oxygen atoms in total. The molecule has 1 aromatic carbocycles. The van der Waals surface area contributed by atoms with Crippen molar-refractivity contribution in [1.82, 2.24) is 14.8 Å². The fourth-order valence-electron chi connectivity index (χ4n) is 1.46. The second-order valence-electron chi connectivity index (χ2n) is 3.51. The van der Waals surface area contributed by atoms with Crippen molar-refractivity contribution in [3.63, 3.8) is 0 Å². The van der Waals surface area contributed by atoms with Gasteiger partial charge in [-0.1, -0.05) is 18.5 Å². The monoisotopic (exact) mass is 237 g/mol. The molecule has 0 saturated heterocycles. The molecule has 1 aromatic heterocycles. The van der Waals surface area contributed by atoms with E-state index < -0.39 is 0 Å². The number of halogens is 1. The van der Waals surface area contributed by atoms with E-state index in [-0.39, 0.29) is 5.69 Å².